The largest absolute Gasteiger partial charge is 0.459 e. The molecule has 0 saturated carbocycles. The van der Waals surface area contributed by atoms with E-state index in [0.717, 1.165) is 0 Å². The minimum Gasteiger partial charge on any atom is -0.459 e. The predicted molar refractivity (Wildman–Crippen MR) is 222 cm³/mol. The van der Waals surface area contributed by atoms with Gasteiger partial charge in [0.1, 0.15) is 23.9 Å². The predicted octanol–water partition coefficient (Wildman–Crippen LogP) is 3.38. The molecular formula is C42H66N4O12S. The van der Waals surface area contributed by atoms with E-state index in [1.165, 1.54) is 56.9 Å². The van der Waals surface area contributed by atoms with Crippen LogP contribution in [0.2, 0.25) is 0 Å². The van der Waals surface area contributed by atoms with Gasteiger partial charge in [0.25, 0.3) is 10.0 Å². The van der Waals surface area contributed by atoms with Crippen molar-refractivity contribution in [2.24, 2.45) is 17.8 Å². The fourth-order valence-electron chi connectivity index (χ4n) is 8.41. The lowest BCUT2D eigenvalue weighted by Crippen LogP contribution is -2.61. The Morgan fingerprint density at radius 3 is 2.14 bits per heavy atom. The fraction of sp³-hybridized carbons (Fsp3) is 0.667. The van der Waals surface area contributed by atoms with Crippen LogP contribution in [0.25, 0.3) is 0 Å². The first-order chi connectivity index (χ1) is 27.4. The number of ether oxygens (including phenoxy) is 3. The van der Waals surface area contributed by atoms with Crippen LogP contribution < -0.4 is 10.0 Å². The molecule has 4 rings (SSSR count). The number of rotatable bonds is 8. The SMILES string of the molecule is CC[C@H]1OC(=O)[C@H](C)[C@@H](O)[C@H](C)[C@@H](O[C@@H]2O[C@H](C)C[C@H](N(C)C)[C@H]2O)[C@](C)(O)C[C@@H](C)CN(C(=O)Nc2ccc(S(=O)(=O)Nc3ccccc3)cc2)[C@H](C)[C@@H](O)[C@]1(C)O. The number of aliphatic hydroxyl groups excluding tert-OH is 3. The van der Waals surface area contributed by atoms with Crippen LogP contribution in [0.15, 0.2) is 59.5 Å². The zero-order valence-corrected chi connectivity index (χ0v) is 36.7. The number of hydrogen-bond acceptors (Lipinski definition) is 13. The Kier molecular flexibility index (Phi) is 16.0. The van der Waals surface area contributed by atoms with Crippen molar-refractivity contribution in [2.75, 3.05) is 30.7 Å². The Morgan fingerprint density at radius 1 is 0.949 bits per heavy atom. The normalized spacial score (nSPS) is 36.9. The molecule has 0 spiro atoms. The summed E-state index contributed by atoms with van der Waals surface area (Å²) in [5.41, 5.74) is -3.24. The van der Waals surface area contributed by atoms with Crippen molar-refractivity contribution in [1.29, 1.82) is 0 Å². The van der Waals surface area contributed by atoms with Crippen LogP contribution in [-0.4, -0.2) is 143 Å². The zero-order valence-electron chi connectivity index (χ0n) is 35.8. The summed E-state index contributed by atoms with van der Waals surface area (Å²) in [6.07, 6.45) is -7.70. The second-order valence-corrected chi connectivity index (χ2v) is 18.9. The Balaban J connectivity index is 1.70. The van der Waals surface area contributed by atoms with Crippen molar-refractivity contribution in [1.82, 2.24) is 9.80 Å². The van der Waals surface area contributed by atoms with Crippen LogP contribution in [0, 0.1) is 17.8 Å². The second-order valence-electron chi connectivity index (χ2n) is 17.3. The smallest absolute Gasteiger partial charge is 0.322 e. The summed E-state index contributed by atoms with van der Waals surface area (Å²) in [5.74, 6) is -3.53. The number of nitrogens with zero attached hydrogens (tertiary/aromatic N) is 2. The van der Waals surface area contributed by atoms with Gasteiger partial charge in [0, 0.05) is 29.9 Å². The Bertz CT molecular complexity index is 1800. The lowest BCUT2D eigenvalue weighted by Gasteiger charge is -2.46. The zero-order chi connectivity index (χ0) is 44.2. The average molecular weight is 851 g/mol. The third kappa shape index (κ3) is 11.5. The molecule has 2 aliphatic heterocycles. The summed E-state index contributed by atoms with van der Waals surface area (Å²) < 4.78 is 46.9. The molecule has 2 amide bonds. The van der Waals surface area contributed by atoms with E-state index in [4.69, 9.17) is 14.2 Å². The van der Waals surface area contributed by atoms with Crippen LogP contribution in [0.5, 0.6) is 0 Å². The topological polar surface area (TPSA) is 228 Å². The number of hydrogen-bond donors (Lipinski definition) is 7. The van der Waals surface area contributed by atoms with E-state index >= 15 is 0 Å². The summed E-state index contributed by atoms with van der Waals surface area (Å²) in [5, 5.41) is 61.8. The lowest BCUT2D eigenvalue weighted by atomic mass is 9.78. The number of nitrogens with one attached hydrogen (secondary N) is 2. The highest BCUT2D eigenvalue weighted by Gasteiger charge is 2.50. The van der Waals surface area contributed by atoms with E-state index in [2.05, 4.69) is 10.0 Å². The maximum absolute atomic E-state index is 14.2. The molecule has 0 unspecified atom stereocenters. The lowest BCUT2D eigenvalue weighted by molar-refractivity contribution is -0.299. The number of likely N-dealkylation sites (N-methyl/N-ethyl adjacent to an activating group) is 1. The van der Waals surface area contributed by atoms with Gasteiger partial charge in [0.05, 0.1) is 40.8 Å². The number of aliphatic hydroxyl groups is 5. The molecule has 16 nitrogen and oxygen atoms in total. The summed E-state index contributed by atoms with van der Waals surface area (Å²) in [4.78, 5) is 31.0. The van der Waals surface area contributed by atoms with Crippen LogP contribution in [0.4, 0.5) is 16.2 Å². The first-order valence-electron chi connectivity index (χ1n) is 20.3. The summed E-state index contributed by atoms with van der Waals surface area (Å²) in [7, 11) is -0.292. The van der Waals surface area contributed by atoms with Crippen LogP contribution in [0.3, 0.4) is 0 Å². The number of benzene rings is 2. The van der Waals surface area contributed by atoms with Gasteiger partial charge in [-0.1, -0.05) is 39.0 Å². The number of carbonyl (C=O) groups is 2. The molecule has 2 aromatic rings. The summed E-state index contributed by atoms with van der Waals surface area (Å²) in [6.45, 7) is 12.6. The number of anilines is 2. The average Bonchev–Trinajstić information content (AvgIpc) is 3.17. The van der Waals surface area contributed by atoms with Gasteiger partial charge in [-0.05, 0) is 110 Å². The summed E-state index contributed by atoms with van der Waals surface area (Å²) >= 11 is 0. The van der Waals surface area contributed by atoms with E-state index in [9.17, 15) is 43.5 Å². The molecule has 2 aliphatic rings. The number of cyclic esters (lactones) is 1. The molecule has 0 radical (unpaired) electrons. The molecule has 2 saturated heterocycles. The van der Waals surface area contributed by atoms with E-state index in [1.807, 2.05) is 25.9 Å². The first kappa shape index (κ1) is 48.3. The molecule has 0 aliphatic carbocycles. The molecule has 0 bridgehead atoms. The number of urea groups is 1. The highest BCUT2D eigenvalue weighted by molar-refractivity contribution is 7.92. The standard InChI is InChI=1S/C42H66N4O12S/c1-11-33-42(8,53)36(49)28(6)46(40(51)43-29-17-19-31(20-18-29)59(54,55)44-30-15-13-12-14-16-30)23-24(2)22-41(7,52)37(26(4)34(47)27(5)38(50)57-33)58-39-35(48)32(45(9)10)21-25(3)56-39/h12-20,24-28,32-37,39,44,47-49,52-53H,11,21-23H2,1-10H3,(H,43,51)/t24-,25-,26+,27-,28-,32+,33-,34+,35-,36-,37-,39+,41-,42-/m1/s1. The van der Waals surface area contributed by atoms with Crippen LogP contribution >= 0.6 is 0 Å². The number of sulfonamides is 1. The molecular weight excluding hydrogens is 785 g/mol. The molecule has 2 heterocycles. The molecule has 0 aromatic heterocycles. The Morgan fingerprint density at radius 2 is 1.56 bits per heavy atom. The molecule has 59 heavy (non-hydrogen) atoms. The number of para-hydroxylation sites is 1. The van der Waals surface area contributed by atoms with Crippen molar-refractivity contribution in [3.8, 4) is 0 Å². The van der Waals surface area contributed by atoms with Gasteiger partial charge >= 0.3 is 12.0 Å². The minimum atomic E-state index is -3.95. The second kappa shape index (κ2) is 19.5. The third-order valence-electron chi connectivity index (χ3n) is 11.9. The van der Waals surface area contributed by atoms with E-state index in [1.54, 1.807) is 51.1 Å². The number of carbonyl (C=O) groups excluding carboxylic acids is 2. The maximum atomic E-state index is 14.2. The van der Waals surface area contributed by atoms with Gasteiger partial charge in [-0.2, -0.15) is 0 Å². The third-order valence-corrected chi connectivity index (χ3v) is 13.3. The Hall–Kier alpha value is -3.39. The van der Waals surface area contributed by atoms with Gasteiger partial charge in [0.2, 0.25) is 0 Å². The van der Waals surface area contributed by atoms with Gasteiger partial charge in [-0.15, -0.1) is 0 Å². The Labute approximate surface area is 348 Å². The van der Waals surface area contributed by atoms with E-state index < -0.39 is 93.8 Å². The molecule has 2 aromatic carbocycles. The van der Waals surface area contributed by atoms with E-state index in [0.29, 0.717) is 12.1 Å². The molecule has 332 valence electrons. The van der Waals surface area contributed by atoms with Crippen molar-refractivity contribution < 1.29 is 57.8 Å². The van der Waals surface area contributed by atoms with Crippen molar-refractivity contribution in [3.63, 3.8) is 0 Å². The van der Waals surface area contributed by atoms with Crippen molar-refractivity contribution in [2.45, 2.75) is 146 Å². The van der Waals surface area contributed by atoms with E-state index in [-0.39, 0.29) is 42.1 Å². The first-order valence-corrected chi connectivity index (χ1v) is 21.8. The number of amides is 2. The van der Waals surface area contributed by atoms with Gasteiger partial charge in [0.15, 0.2) is 6.29 Å². The molecule has 17 heteroatoms. The van der Waals surface area contributed by atoms with Gasteiger partial charge < -0.3 is 54.9 Å². The van der Waals surface area contributed by atoms with Crippen molar-refractivity contribution >= 4 is 33.4 Å². The van der Waals surface area contributed by atoms with Gasteiger partial charge in [-0.25, -0.2) is 13.2 Å². The fourth-order valence-corrected chi connectivity index (χ4v) is 9.47. The quantitative estimate of drug-likeness (QED) is 0.189. The molecule has 14 atom stereocenters. The van der Waals surface area contributed by atoms with Crippen LogP contribution in [-0.2, 0) is 29.0 Å². The highest BCUT2D eigenvalue weighted by Crippen LogP contribution is 2.37. The van der Waals surface area contributed by atoms with Crippen molar-refractivity contribution in [3.05, 3.63) is 54.6 Å². The molecule has 2 fully saturated rings. The number of esters is 1. The highest BCUT2D eigenvalue weighted by atomic mass is 32.2. The monoisotopic (exact) mass is 850 g/mol. The molecule has 7 N–H and O–H groups in total. The van der Waals surface area contributed by atoms with Gasteiger partial charge in [-0.3, -0.25) is 9.52 Å². The minimum absolute atomic E-state index is 0.0371. The van der Waals surface area contributed by atoms with Crippen LogP contribution in [0.1, 0.15) is 74.7 Å². The summed E-state index contributed by atoms with van der Waals surface area (Å²) in [6, 6.07) is 11.7. The maximum Gasteiger partial charge on any atom is 0.322 e.